The van der Waals surface area contributed by atoms with E-state index >= 15 is 0 Å². The molecule has 0 saturated carbocycles. The highest BCUT2D eigenvalue weighted by atomic mass is 15.2. The molecule has 0 heterocycles. The monoisotopic (exact) mass is 212 g/mol. The number of hydrogen-bond donors (Lipinski definition) is 1. The Kier molecular flexibility index (Phi) is 5.92. The first-order valence-electron chi connectivity index (χ1n) is 6.20. The van der Waals surface area contributed by atoms with E-state index < -0.39 is 0 Å². The highest BCUT2D eigenvalue weighted by molar-refractivity contribution is 5.84. The Balaban J connectivity index is 4.55. The molecule has 0 aromatic carbocycles. The predicted molar refractivity (Wildman–Crippen MR) is 68.5 cm³/mol. The lowest BCUT2D eigenvalue weighted by atomic mass is 9.93. The summed E-state index contributed by atoms with van der Waals surface area (Å²) in [5.41, 5.74) is -0.0306. The average Bonchev–Trinajstić information content (AvgIpc) is 2.16. The molecule has 0 spiro atoms. The van der Waals surface area contributed by atoms with Gasteiger partial charge in [0.1, 0.15) is 5.84 Å². The van der Waals surface area contributed by atoms with E-state index in [2.05, 4.69) is 46.4 Å². The molecule has 0 amide bonds. The van der Waals surface area contributed by atoms with E-state index in [4.69, 9.17) is 5.41 Å². The second-order valence-corrected chi connectivity index (χ2v) is 5.40. The van der Waals surface area contributed by atoms with Crippen LogP contribution in [-0.2, 0) is 0 Å². The zero-order chi connectivity index (χ0) is 12.1. The van der Waals surface area contributed by atoms with Crippen LogP contribution >= 0.6 is 0 Å². The maximum absolute atomic E-state index is 8.24. The van der Waals surface area contributed by atoms with Crippen molar-refractivity contribution in [2.24, 2.45) is 5.41 Å². The topological polar surface area (TPSA) is 27.1 Å². The smallest absolute Gasteiger partial charge is 0.101 e. The van der Waals surface area contributed by atoms with Crippen molar-refractivity contribution in [3.8, 4) is 0 Å². The number of hydrogen-bond acceptors (Lipinski definition) is 1. The highest BCUT2D eigenvalue weighted by Gasteiger charge is 2.25. The molecule has 0 radical (unpaired) electrons. The molecule has 0 aromatic heterocycles. The van der Waals surface area contributed by atoms with E-state index in [0.29, 0.717) is 6.04 Å². The third-order valence-electron chi connectivity index (χ3n) is 2.87. The SMILES string of the molecule is CCCCN(C(=N)C(C)(C)C)C(C)CC. The third kappa shape index (κ3) is 4.67. The summed E-state index contributed by atoms with van der Waals surface area (Å²) in [5.74, 6) is 0.783. The molecule has 0 aliphatic carbocycles. The van der Waals surface area contributed by atoms with Crippen LogP contribution in [0.3, 0.4) is 0 Å². The molecule has 1 atom stereocenters. The Hall–Kier alpha value is -0.530. The second-order valence-electron chi connectivity index (χ2n) is 5.40. The molecule has 0 saturated heterocycles. The van der Waals surface area contributed by atoms with Crippen LogP contribution in [-0.4, -0.2) is 23.3 Å². The van der Waals surface area contributed by atoms with Crippen LogP contribution in [0.4, 0.5) is 0 Å². The van der Waals surface area contributed by atoms with Crippen LogP contribution in [0.25, 0.3) is 0 Å². The van der Waals surface area contributed by atoms with Crippen molar-refractivity contribution < 1.29 is 0 Å². The van der Waals surface area contributed by atoms with Crippen LogP contribution in [0.1, 0.15) is 60.8 Å². The van der Waals surface area contributed by atoms with Gasteiger partial charge in [0.05, 0.1) is 0 Å². The molecule has 2 nitrogen and oxygen atoms in total. The Morgan fingerprint density at radius 1 is 1.27 bits per heavy atom. The fourth-order valence-corrected chi connectivity index (χ4v) is 1.53. The number of nitrogens with one attached hydrogen (secondary N) is 1. The maximum atomic E-state index is 8.24. The van der Waals surface area contributed by atoms with Crippen LogP contribution in [0, 0.1) is 10.8 Å². The van der Waals surface area contributed by atoms with Gasteiger partial charge in [-0.1, -0.05) is 41.0 Å². The van der Waals surface area contributed by atoms with Crippen LogP contribution in [0.2, 0.25) is 0 Å². The standard InChI is InChI=1S/C13H28N2/c1-7-9-10-15(11(3)8-2)12(14)13(4,5)6/h11,14H,7-10H2,1-6H3. The highest BCUT2D eigenvalue weighted by Crippen LogP contribution is 2.20. The van der Waals surface area contributed by atoms with Gasteiger partial charge in [0.2, 0.25) is 0 Å². The first kappa shape index (κ1) is 14.5. The van der Waals surface area contributed by atoms with E-state index in [0.717, 1.165) is 18.8 Å². The lowest BCUT2D eigenvalue weighted by Crippen LogP contribution is -2.44. The van der Waals surface area contributed by atoms with Crippen molar-refractivity contribution in [1.82, 2.24) is 4.90 Å². The summed E-state index contributed by atoms with van der Waals surface area (Å²) in [6.07, 6.45) is 3.50. The zero-order valence-electron chi connectivity index (χ0n) is 11.4. The quantitative estimate of drug-likeness (QED) is 0.543. The van der Waals surface area contributed by atoms with Crippen molar-refractivity contribution in [3.05, 3.63) is 0 Å². The fourth-order valence-electron chi connectivity index (χ4n) is 1.53. The Morgan fingerprint density at radius 2 is 1.80 bits per heavy atom. The van der Waals surface area contributed by atoms with Gasteiger partial charge >= 0.3 is 0 Å². The summed E-state index contributed by atoms with van der Waals surface area (Å²) in [6.45, 7) is 14.0. The lowest BCUT2D eigenvalue weighted by Gasteiger charge is -2.36. The van der Waals surface area contributed by atoms with Gasteiger partial charge in [-0.3, -0.25) is 5.41 Å². The maximum Gasteiger partial charge on any atom is 0.101 e. The minimum atomic E-state index is -0.0306. The largest absolute Gasteiger partial charge is 0.357 e. The van der Waals surface area contributed by atoms with E-state index in [1.165, 1.54) is 12.8 Å². The molecule has 15 heavy (non-hydrogen) atoms. The summed E-state index contributed by atoms with van der Waals surface area (Å²) in [7, 11) is 0. The molecule has 0 rings (SSSR count). The van der Waals surface area contributed by atoms with E-state index in [1.54, 1.807) is 0 Å². The summed E-state index contributed by atoms with van der Waals surface area (Å²) in [6, 6.07) is 0.489. The Labute approximate surface area is 95.6 Å². The van der Waals surface area contributed by atoms with Gasteiger partial charge in [-0.2, -0.15) is 0 Å². The first-order chi connectivity index (χ1) is 6.84. The Bertz CT molecular complexity index is 191. The van der Waals surface area contributed by atoms with Crippen molar-refractivity contribution in [3.63, 3.8) is 0 Å². The van der Waals surface area contributed by atoms with Crippen molar-refractivity contribution in [1.29, 1.82) is 5.41 Å². The molecule has 90 valence electrons. The molecule has 0 aliphatic heterocycles. The van der Waals surface area contributed by atoms with E-state index in [1.807, 2.05) is 0 Å². The van der Waals surface area contributed by atoms with E-state index in [9.17, 15) is 0 Å². The zero-order valence-corrected chi connectivity index (χ0v) is 11.4. The number of nitrogens with zero attached hydrogens (tertiary/aromatic N) is 1. The minimum absolute atomic E-state index is 0.0306. The summed E-state index contributed by atoms with van der Waals surface area (Å²) in [5, 5.41) is 8.24. The minimum Gasteiger partial charge on any atom is -0.357 e. The molecular formula is C13H28N2. The van der Waals surface area contributed by atoms with Crippen LogP contribution in [0.5, 0.6) is 0 Å². The summed E-state index contributed by atoms with van der Waals surface area (Å²) in [4.78, 5) is 2.27. The molecule has 0 aliphatic rings. The van der Waals surface area contributed by atoms with Crippen molar-refractivity contribution in [2.75, 3.05) is 6.54 Å². The third-order valence-corrected chi connectivity index (χ3v) is 2.87. The van der Waals surface area contributed by atoms with E-state index in [-0.39, 0.29) is 5.41 Å². The average molecular weight is 212 g/mol. The van der Waals surface area contributed by atoms with Crippen molar-refractivity contribution >= 4 is 5.84 Å². The lowest BCUT2D eigenvalue weighted by molar-refractivity contribution is 0.285. The number of amidine groups is 1. The normalized spacial score (nSPS) is 13.7. The van der Waals surface area contributed by atoms with Crippen LogP contribution in [0.15, 0.2) is 0 Å². The van der Waals surface area contributed by atoms with Crippen molar-refractivity contribution in [2.45, 2.75) is 66.8 Å². The molecule has 0 aromatic rings. The molecular weight excluding hydrogens is 184 g/mol. The summed E-state index contributed by atoms with van der Waals surface area (Å²) >= 11 is 0. The predicted octanol–water partition coefficient (Wildman–Crippen LogP) is 3.91. The molecule has 0 fully saturated rings. The van der Waals surface area contributed by atoms with Gasteiger partial charge in [-0.15, -0.1) is 0 Å². The van der Waals surface area contributed by atoms with Gasteiger partial charge in [-0.25, -0.2) is 0 Å². The Morgan fingerprint density at radius 3 is 2.13 bits per heavy atom. The van der Waals surface area contributed by atoms with Gasteiger partial charge in [-0.05, 0) is 19.8 Å². The molecule has 1 N–H and O–H groups in total. The molecule has 0 bridgehead atoms. The molecule has 2 heteroatoms. The number of rotatable bonds is 5. The number of unbranched alkanes of at least 4 members (excludes halogenated alkanes) is 1. The fraction of sp³-hybridized carbons (Fsp3) is 0.923. The van der Waals surface area contributed by atoms with Gasteiger partial charge in [0, 0.05) is 18.0 Å². The second kappa shape index (κ2) is 6.14. The van der Waals surface area contributed by atoms with Crippen LogP contribution < -0.4 is 0 Å². The van der Waals surface area contributed by atoms with Gasteiger partial charge in [0.15, 0.2) is 0 Å². The molecule has 1 unspecified atom stereocenters. The summed E-state index contributed by atoms with van der Waals surface area (Å²) < 4.78 is 0. The van der Waals surface area contributed by atoms with Gasteiger partial charge in [0.25, 0.3) is 0 Å². The van der Waals surface area contributed by atoms with Gasteiger partial charge < -0.3 is 4.90 Å². The first-order valence-corrected chi connectivity index (χ1v) is 6.20.